The van der Waals surface area contributed by atoms with Crippen LogP contribution in [0.25, 0.3) is 0 Å². The third-order valence-corrected chi connectivity index (χ3v) is 2.81. The Morgan fingerprint density at radius 3 is 2.93 bits per heavy atom. The van der Waals surface area contributed by atoms with Crippen molar-refractivity contribution in [1.82, 2.24) is 0 Å². The van der Waals surface area contributed by atoms with Gasteiger partial charge in [0.25, 0.3) is 0 Å². The monoisotopic (exact) mass is 214 g/mol. The first-order valence-electron chi connectivity index (χ1n) is 4.63. The Bertz CT molecular complexity index is 293. The molecule has 0 amide bonds. The van der Waals surface area contributed by atoms with Crippen molar-refractivity contribution in [2.24, 2.45) is 0 Å². The molecule has 1 N–H and O–H groups in total. The van der Waals surface area contributed by atoms with E-state index in [9.17, 15) is 4.79 Å². The fraction of sp³-hybridized carbons (Fsp3) is 0.500. The van der Waals surface area contributed by atoms with Crippen LogP contribution in [0.3, 0.4) is 0 Å². The fourth-order valence-corrected chi connectivity index (χ4v) is 1.77. The molecule has 1 aromatic rings. The van der Waals surface area contributed by atoms with Crippen molar-refractivity contribution in [3.05, 3.63) is 21.9 Å². The lowest BCUT2D eigenvalue weighted by Gasteiger charge is -1.99. The smallest absolute Gasteiger partial charge is 0.345 e. The van der Waals surface area contributed by atoms with Crippen molar-refractivity contribution in [3.8, 4) is 0 Å². The van der Waals surface area contributed by atoms with Gasteiger partial charge in [0, 0.05) is 11.5 Å². The third kappa shape index (κ3) is 3.47. The highest BCUT2D eigenvalue weighted by molar-refractivity contribution is 7.13. The Morgan fingerprint density at radius 2 is 2.36 bits per heavy atom. The Morgan fingerprint density at radius 1 is 1.57 bits per heavy atom. The van der Waals surface area contributed by atoms with E-state index in [0.717, 1.165) is 24.3 Å². The largest absolute Gasteiger partial charge is 0.477 e. The lowest BCUT2D eigenvalue weighted by Crippen LogP contribution is -1.93. The predicted octanol–water partition coefficient (Wildman–Crippen LogP) is 2.76. The summed E-state index contributed by atoms with van der Waals surface area (Å²) < 4.78 is 5.37. The third-order valence-electron chi connectivity index (χ3n) is 1.76. The van der Waals surface area contributed by atoms with Crippen LogP contribution >= 0.6 is 11.3 Å². The average molecular weight is 214 g/mol. The average Bonchev–Trinajstić information content (AvgIpc) is 2.61. The molecule has 0 aromatic carbocycles. The maximum absolute atomic E-state index is 10.6. The second-order valence-electron chi connectivity index (χ2n) is 2.98. The number of thiophene rings is 1. The summed E-state index contributed by atoms with van der Waals surface area (Å²) in [6, 6.07) is 3.42. The van der Waals surface area contributed by atoms with Gasteiger partial charge in [-0.2, -0.15) is 0 Å². The number of carboxylic acid groups (broad SMARTS) is 1. The quantitative estimate of drug-likeness (QED) is 0.741. The highest BCUT2D eigenvalue weighted by atomic mass is 32.1. The summed E-state index contributed by atoms with van der Waals surface area (Å²) in [5.74, 6) is -0.866. The molecule has 0 radical (unpaired) electrons. The highest BCUT2D eigenvalue weighted by Crippen LogP contribution is 2.17. The molecule has 4 heteroatoms. The van der Waals surface area contributed by atoms with E-state index in [2.05, 4.69) is 6.92 Å². The van der Waals surface area contributed by atoms with Crippen molar-refractivity contribution in [2.45, 2.75) is 26.4 Å². The number of carbonyl (C=O) groups is 1. The maximum atomic E-state index is 10.6. The molecule has 0 unspecified atom stereocenters. The van der Waals surface area contributed by atoms with E-state index in [0.29, 0.717) is 11.5 Å². The van der Waals surface area contributed by atoms with Gasteiger partial charge in [-0.15, -0.1) is 11.3 Å². The molecule has 0 aliphatic rings. The molecule has 14 heavy (non-hydrogen) atoms. The van der Waals surface area contributed by atoms with Gasteiger partial charge in [0.05, 0.1) is 6.61 Å². The molecule has 0 saturated heterocycles. The second kappa shape index (κ2) is 5.78. The molecular formula is C10H14O3S. The zero-order chi connectivity index (χ0) is 10.4. The Labute approximate surface area is 87.3 Å². The van der Waals surface area contributed by atoms with Gasteiger partial charge in [0.2, 0.25) is 0 Å². The lowest BCUT2D eigenvalue weighted by atomic mass is 10.4. The summed E-state index contributed by atoms with van der Waals surface area (Å²) in [6.07, 6.45) is 2.17. The minimum absolute atomic E-state index is 0.374. The van der Waals surface area contributed by atoms with Crippen LogP contribution in [0.15, 0.2) is 12.1 Å². The number of rotatable bonds is 6. The standard InChI is InChI=1S/C10H14O3S/c1-2-3-6-13-7-8-4-5-9(14-8)10(11)12/h4-5H,2-3,6-7H2,1H3,(H,11,12). The molecule has 0 aliphatic heterocycles. The molecule has 1 aromatic heterocycles. The van der Waals surface area contributed by atoms with E-state index in [4.69, 9.17) is 9.84 Å². The molecule has 0 aliphatic carbocycles. The Kier molecular flexibility index (Phi) is 4.62. The summed E-state index contributed by atoms with van der Waals surface area (Å²) in [5, 5.41) is 8.68. The molecule has 0 bridgehead atoms. The maximum Gasteiger partial charge on any atom is 0.345 e. The second-order valence-corrected chi connectivity index (χ2v) is 4.15. The van der Waals surface area contributed by atoms with Gasteiger partial charge in [-0.1, -0.05) is 13.3 Å². The van der Waals surface area contributed by atoms with Gasteiger partial charge in [-0.3, -0.25) is 0 Å². The Balaban J connectivity index is 2.33. The van der Waals surface area contributed by atoms with Crippen molar-refractivity contribution >= 4 is 17.3 Å². The van der Waals surface area contributed by atoms with Gasteiger partial charge in [0.15, 0.2) is 0 Å². The van der Waals surface area contributed by atoms with Crippen molar-refractivity contribution in [1.29, 1.82) is 0 Å². The number of hydrogen-bond donors (Lipinski definition) is 1. The summed E-state index contributed by atoms with van der Waals surface area (Å²) in [6.45, 7) is 3.38. The predicted molar refractivity (Wildman–Crippen MR) is 55.8 cm³/mol. The molecule has 3 nitrogen and oxygen atoms in total. The van der Waals surface area contributed by atoms with Gasteiger partial charge in [-0.25, -0.2) is 4.79 Å². The van der Waals surface area contributed by atoms with Crippen molar-refractivity contribution in [3.63, 3.8) is 0 Å². The molecule has 0 spiro atoms. The highest BCUT2D eigenvalue weighted by Gasteiger charge is 2.06. The molecule has 0 atom stereocenters. The Hall–Kier alpha value is -0.870. The normalized spacial score (nSPS) is 10.4. The van der Waals surface area contributed by atoms with E-state index in [1.807, 2.05) is 0 Å². The van der Waals surface area contributed by atoms with Crippen LogP contribution < -0.4 is 0 Å². The van der Waals surface area contributed by atoms with Crippen LogP contribution in [0.5, 0.6) is 0 Å². The number of ether oxygens (including phenoxy) is 1. The molecule has 0 saturated carbocycles. The fourth-order valence-electron chi connectivity index (χ4n) is 0.990. The van der Waals surface area contributed by atoms with Crippen LogP contribution in [0.2, 0.25) is 0 Å². The summed E-state index contributed by atoms with van der Waals surface area (Å²) in [7, 11) is 0. The van der Waals surface area contributed by atoms with Crippen molar-refractivity contribution < 1.29 is 14.6 Å². The topological polar surface area (TPSA) is 46.5 Å². The van der Waals surface area contributed by atoms with E-state index in [1.165, 1.54) is 11.3 Å². The summed E-state index contributed by atoms with van der Waals surface area (Å²) in [4.78, 5) is 11.9. The van der Waals surface area contributed by atoms with Crippen molar-refractivity contribution in [2.75, 3.05) is 6.61 Å². The van der Waals surface area contributed by atoms with Gasteiger partial charge in [0.1, 0.15) is 4.88 Å². The van der Waals surface area contributed by atoms with Crippen LogP contribution in [-0.4, -0.2) is 17.7 Å². The van der Waals surface area contributed by atoms with Gasteiger partial charge < -0.3 is 9.84 Å². The van der Waals surface area contributed by atoms with Crippen LogP contribution in [0.1, 0.15) is 34.3 Å². The van der Waals surface area contributed by atoms with E-state index in [-0.39, 0.29) is 0 Å². The summed E-state index contributed by atoms with van der Waals surface area (Å²) >= 11 is 1.27. The number of hydrogen-bond acceptors (Lipinski definition) is 3. The molecule has 1 heterocycles. The molecule has 78 valence electrons. The van der Waals surface area contributed by atoms with Gasteiger partial charge >= 0.3 is 5.97 Å². The summed E-state index contributed by atoms with van der Waals surface area (Å²) in [5.41, 5.74) is 0. The number of unbranched alkanes of at least 4 members (excludes halogenated alkanes) is 1. The SMILES string of the molecule is CCCCOCc1ccc(C(=O)O)s1. The molecule has 0 fully saturated rings. The van der Waals surface area contributed by atoms with Crippen LogP contribution in [0.4, 0.5) is 0 Å². The minimum Gasteiger partial charge on any atom is -0.477 e. The molecular weight excluding hydrogens is 200 g/mol. The van der Waals surface area contributed by atoms with Crippen LogP contribution in [0, 0.1) is 0 Å². The first-order chi connectivity index (χ1) is 6.74. The number of aromatic carboxylic acids is 1. The first kappa shape index (κ1) is 11.2. The minimum atomic E-state index is -0.866. The van der Waals surface area contributed by atoms with Gasteiger partial charge in [-0.05, 0) is 18.6 Å². The number of carboxylic acids is 1. The first-order valence-corrected chi connectivity index (χ1v) is 5.45. The zero-order valence-corrected chi connectivity index (χ0v) is 8.97. The van der Waals surface area contributed by atoms with Crippen LogP contribution in [-0.2, 0) is 11.3 Å². The molecule has 1 rings (SSSR count). The lowest BCUT2D eigenvalue weighted by molar-refractivity contribution is 0.0702. The van der Waals surface area contributed by atoms with E-state index in [1.54, 1.807) is 12.1 Å². The zero-order valence-electron chi connectivity index (χ0n) is 8.16. The van der Waals surface area contributed by atoms with E-state index < -0.39 is 5.97 Å². The van der Waals surface area contributed by atoms with E-state index >= 15 is 0 Å².